The molecule has 1 N–H and O–H groups in total. The SMILES string of the molecule is CN(C(=O)CSCC(=O)N1CCCCC1)C1CCNC1. The van der Waals surface area contributed by atoms with Gasteiger partial charge < -0.3 is 15.1 Å². The van der Waals surface area contributed by atoms with Gasteiger partial charge in [-0.25, -0.2) is 0 Å². The summed E-state index contributed by atoms with van der Waals surface area (Å²) in [5.74, 6) is 1.16. The molecule has 2 amide bonds. The number of rotatable bonds is 5. The van der Waals surface area contributed by atoms with E-state index in [1.54, 1.807) is 0 Å². The Balaban J connectivity index is 1.64. The average molecular weight is 299 g/mol. The highest BCUT2D eigenvalue weighted by molar-refractivity contribution is 8.00. The van der Waals surface area contributed by atoms with Gasteiger partial charge in [0, 0.05) is 32.7 Å². The Morgan fingerprint density at radius 1 is 1.25 bits per heavy atom. The van der Waals surface area contributed by atoms with Gasteiger partial charge in [0.05, 0.1) is 11.5 Å². The van der Waals surface area contributed by atoms with Crippen molar-refractivity contribution in [2.24, 2.45) is 0 Å². The van der Waals surface area contributed by atoms with Crippen LogP contribution in [0.4, 0.5) is 0 Å². The van der Waals surface area contributed by atoms with Crippen LogP contribution in [-0.4, -0.2) is 72.4 Å². The maximum Gasteiger partial charge on any atom is 0.232 e. The summed E-state index contributed by atoms with van der Waals surface area (Å²) in [4.78, 5) is 27.8. The van der Waals surface area contributed by atoms with Crippen LogP contribution in [0, 0.1) is 0 Å². The van der Waals surface area contributed by atoms with Crippen molar-refractivity contribution >= 4 is 23.6 Å². The fourth-order valence-electron chi connectivity index (χ4n) is 2.74. The molecule has 0 aromatic heterocycles. The first-order valence-corrected chi connectivity index (χ1v) is 8.66. The first-order chi connectivity index (χ1) is 9.68. The maximum absolute atomic E-state index is 12.0. The van der Waals surface area contributed by atoms with Gasteiger partial charge in [-0.1, -0.05) is 0 Å². The van der Waals surface area contributed by atoms with Gasteiger partial charge in [0.1, 0.15) is 0 Å². The highest BCUT2D eigenvalue weighted by Crippen LogP contribution is 2.13. The highest BCUT2D eigenvalue weighted by atomic mass is 32.2. The number of likely N-dealkylation sites (N-methyl/N-ethyl adjacent to an activating group) is 1. The summed E-state index contributed by atoms with van der Waals surface area (Å²) in [7, 11) is 1.87. The molecule has 2 fully saturated rings. The van der Waals surface area contributed by atoms with Crippen LogP contribution in [0.25, 0.3) is 0 Å². The van der Waals surface area contributed by atoms with E-state index in [0.717, 1.165) is 45.4 Å². The van der Waals surface area contributed by atoms with Crippen molar-refractivity contribution in [1.29, 1.82) is 0 Å². The molecule has 20 heavy (non-hydrogen) atoms. The number of thioether (sulfide) groups is 1. The summed E-state index contributed by atoms with van der Waals surface area (Å²) in [6.07, 6.45) is 4.49. The summed E-state index contributed by atoms with van der Waals surface area (Å²) in [5.41, 5.74) is 0. The van der Waals surface area contributed by atoms with Crippen molar-refractivity contribution in [1.82, 2.24) is 15.1 Å². The number of likely N-dealkylation sites (tertiary alicyclic amines) is 1. The van der Waals surface area contributed by atoms with Crippen molar-refractivity contribution in [2.45, 2.75) is 31.7 Å². The minimum atomic E-state index is 0.134. The Morgan fingerprint density at radius 3 is 2.65 bits per heavy atom. The lowest BCUT2D eigenvalue weighted by Crippen LogP contribution is -2.40. The minimum Gasteiger partial charge on any atom is -0.342 e. The third kappa shape index (κ3) is 4.38. The van der Waals surface area contributed by atoms with Crippen LogP contribution < -0.4 is 5.32 Å². The summed E-state index contributed by atoms with van der Waals surface area (Å²) in [5, 5.41) is 3.26. The van der Waals surface area contributed by atoms with Crippen molar-refractivity contribution in [3.05, 3.63) is 0 Å². The predicted octanol–water partition coefficient (Wildman–Crippen LogP) is 0.552. The Kier molecular flexibility index (Phi) is 6.16. The molecule has 2 aliphatic rings. The van der Waals surface area contributed by atoms with E-state index in [-0.39, 0.29) is 11.8 Å². The maximum atomic E-state index is 12.0. The zero-order valence-electron chi connectivity index (χ0n) is 12.3. The van der Waals surface area contributed by atoms with Crippen LogP contribution >= 0.6 is 11.8 Å². The molecule has 2 aliphatic heterocycles. The van der Waals surface area contributed by atoms with Crippen molar-refractivity contribution in [3.63, 3.8) is 0 Å². The molecule has 0 aliphatic carbocycles. The first kappa shape index (κ1) is 15.6. The number of carbonyl (C=O) groups excluding carboxylic acids is 2. The first-order valence-electron chi connectivity index (χ1n) is 7.50. The van der Waals surface area contributed by atoms with Gasteiger partial charge in [-0.15, -0.1) is 11.8 Å². The van der Waals surface area contributed by atoms with E-state index in [4.69, 9.17) is 0 Å². The number of hydrogen-bond donors (Lipinski definition) is 1. The molecule has 0 spiro atoms. The second kappa shape index (κ2) is 7.88. The molecule has 1 unspecified atom stereocenters. The molecule has 0 aromatic carbocycles. The summed E-state index contributed by atoms with van der Waals surface area (Å²) in [6, 6.07) is 0.320. The number of carbonyl (C=O) groups is 2. The average Bonchev–Trinajstić information content (AvgIpc) is 3.01. The molecular weight excluding hydrogens is 274 g/mol. The fraction of sp³-hybridized carbons (Fsp3) is 0.857. The second-order valence-electron chi connectivity index (χ2n) is 5.59. The molecule has 0 bridgehead atoms. The molecule has 2 rings (SSSR count). The minimum absolute atomic E-state index is 0.134. The van der Waals surface area contributed by atoms with E-state index >= 15 is 0 Å². The molecule has 0 saturated carbocycles. The van der Waals surface area contributed by atoms with Crippen LogP contribution in [0.3, 0.4) is 0 Å². The Labute approximate surface area is 125 Å². The molecule has 5 nitrogen and oxygen atoms in total. The monoisotopic (exact) mass is 299 g/mol. The summed E-state index contributed by atoms with van der Waals surface area (Å²) in [6.45, 7) is 3.66. The Morgan fingerprint density at radius 2 is 2.00 bits per heavy atom. The van der Waals surface area contributed by atoms with Crippen LogP contribution in [0.15, 0.2) is 0 Å². The topological polar surface area (TPSA) is 52.7 Å². The largest absolute Gasteiger partial charge is 0.342 e. The van der Waals surface area contributed by atoms with E-state index in [9.17, 15) is 9.59 Å². The molecule has 1 atom stereocenters. The van der Waals surface area contributed by atoms with Crippen molar-refractivity contribution in [2.75, 3.05) is 44.7 Å². The third-order valence-corrected chi connectivity index (χ3v) is 5.04. The van der Waals surface area contributed by atoms with Gasteiger partial charge >= 0.3 is 0 Å². The normalized spacial score (nSPS) is 22.9. The lowest BCUT2D eigenvalue weighted by molar-refractivity contribution is -0.129. The van der Waals surface area contributed by atoms with Crippen LogP contribution in [0.1, 0.15) is 25.7 Å². The van der Waals surface area contributed by atoms with Gasteiger partial charge in [-0.2, -0.15) is 0 Å². The number of hydrogen-bond acceptors (Lipinski definition) is 4. The van der Waals surface area contributed by atoms with E-state index < -0.39 is 0 Å². The Bertz CT molecular complexity index is 339. The lowest BCUT2D eigenvalue weighted by atomic mass is 10.1. The quantitative estimate of drug-likeness (QED) is 0.806. The van der Waals surface area contributed by atoms with Gasteiger partial charge in [0.2, 0.25) is 11.8 Å². The molecule has 0 radical (unpaired) electrons. The van der Waals surface area contributed by atoms with Crippen LogP contribution in [-0.2, 0) is 9.59 Å². The van der Waals surface area contributed by atoms with E-state index in [2.05, 4.69) is 5.32 Å². The van der Waals surface area contributed by atoms with Crippen LogP contribution in [0.5, 0.6) is 0 Å². The second-order valence-corrected chi connectivity index (χ2v) is 6.57. The predicted molar refractivity (Wildman–Crippen MR) is 81.8 cm³/mol. The van der Waals surface area contributed by atoms with E-state index in [0.29, 0.717) is 17.5 Å². The third-order valence-electron chi connectivity index (χ3n) is 4.14. The van der Waals surface area contributed by atoms with E-state index in [1.807, 2.05) is 16.8 Å². The zero-order valence-corrected chi connectivity index (χ0v) is 13.1. The fourth-order valence-corrected chi connectivity index (χ4v) is 3.57. The zero-order chi connectivity index (χ0) is 14.4. The number of amides is 2. The smallest absolute Gasteiger partial charge is 0.232 e. The molecule has 114 valence electrons. The van der Waals surface area contributed by atoms with Gasteiger partial charge in [0.25, 0.3) is 0 Å². The summed E-state index contributed by atoms with van der Waals surface area (Å²) >= 11 is 1.45. The number of piperidine rings is 1. The molecule has 6 heteroatoms. The van der Waals surface area contributed by atoms with Gasteiger partial charge in [0.15, 0.2) is 0 Å². The Hall–Kier alpha value is -0.750. The van der Waals surface area contributed by atoms with Gasteiger partial charge in [-0.05, 0) is 32.2 Å². The molecule has 2 saturated heterocycles. The molecular formula is C14H25N3O2S. The summed E-state index contributed by atoms with van der Waals surface area (Å²) < 4.78 is 0. The van der Waals surface area contributed by atoms with Gasteiger partial charge in [-0.3, -0.25) is 9.59 Å². The highest BCUT2D eigenvalue weighted by Gasteiger charge is 2.23. The molecule has 2 heterocycles. The van der Waals surface area contributed by atoms with Crippen molar-refractivity contribution in [3.8, 4) is 0 Å². The number of nitrogens with one attached hydrogen (secondary N) is 1. The van der Waals surface area contributed by atoms with Crippen molar-refractivity contribution < 1.29 is 9.59 Å². The number of nitrogens with zero attached hydrogens (tertiary/aromatic N) is 2. The van der Waals surface area contributed by atoms with E-state index in [1.165, 1.54) is 18.2 Å². The lowest BCUT2D eigenvalue weighted by Gasteiger charge is -2.27. The van der Waals surface area contributed by atoms with Crippen LogP contribution in [0.2, 0.25) is 0 Å². The standard InChI is InChI=1S/C14H25N3O2S/c1-16(12-5-6-15-9-12)13(18)10-20-11-14(19)17-7-3-2-4-8-17/h12,15H,2-11H2,1H3. The molecule has 0 aromatic rings.